The normalized spacial score (nSPS) is 10.5. The molecule has 0 amide bonds. The summed E-state index contributed by atoms with van der Waals surface area (Å²) in [4.78, 5) is 12.4. The maximum Gasteiger partial charge on any atom is 0.167 e. The third-order valence-corrected chi connectivity index (χ3v) is 3.63. The molecule has 0 bridgehead atoms. The van der Waals surface area contributed by atoms with Gasteiger partial charge in [0.2, 0.25) is 0 Å². The van der Waals surface area contributed by atoms with Crippen LogP contribution < -0.4 is 0 Å². The topological polar surface area (TPSA) is 17.1 Å². The van der Waals surface area contributed by atoms with Gasteiger partial charge in [-0.1, -0.05) is 51.3 Å². The van der Waals surface area contributed by atoms with Crippen LogP contribution in [-0.4, -0.2) is 5.78 Å². The van der Waals surface area contributed by atoms with Crippen molar-refractivity contribution in [3.05, 3.63) is 68.7 Å². The summed E-state index contributed by atoms with van der Waals surface area (Å²) in [6, 6.07) is 12.1. The molecule has 0 fully saturated rings. The van der Waals surface area contributed by atoms with Crippen LogP contribution in [0.4, 0.5) is 0 Å². The van der Waals surface area contributed by atoms with Gasteiger partial charge < -0.3 is 0 Å². The SMILES string of the molecule is Cc1cc(C)cc(CC(=O)c2ccc(Br)cc2C)c1. The van der Waals surface area contributed by atoms with Crippen LogP contribution in [0.3, 0.4) is 0 Å². The van der Waals surface area contributed by atoms with E-state index < -0.39 is 0 Å². The Bertz CT molecular complexity index is 609. The lowest BCUT2D eigenvalue weighted by molar-refractivity contribution is 0.0992. The Hall–Kier alpha value is -1.41. The fraction of sp³-hybridized carbons (Fsp3) is 0.235. The minimum absolute atomic E-state index is 0.176. The van der Waals surface area contributed by atoms with Crippen molar-refractivity contribution in [3.63, 3.8) is 0 Å². The number of hydrogen-bond acceptors (Lipinski definition) is 1. The van der Waals surface area contributed by atoms with E-state index in [1.165, 1.54) is 11.1 Å². The molecule has 1 nitrogen and oxygen atoms in total. The molecule has 0 N–H and O–H groups in total. The maximum absolute atomic E-state index is 12.4. The summed E-state index contributed by atoms with van der Waals surface area (Å²) in [5.41, 5.74) is 5.32. The van der Waals surface area contributed by atoms with Crippen molar-refractivity contribution in [2.75, 3.05) is 0 Å². The Labute approximate surface area is 122 Å². The lowest BCUT2D eigenvalue weighted by Gasteiger charge is -2.07. The molecule has 0 saturated carbocycles. The average molecular weight is 317 g/mol. The van der Waals surface area contributed by atoms with Crippen LogP contribution in [-0.2, 0) is 6.42 Å². The summed E-state index contributed by atoms with van der Waals surface area (Å²) in [6.07, 6.45) is 0.463. The maximum atomic E-state index is 12.4. The summed E-state index contributed by atoms with van der Waals surface area (Å²) in [5, 5.41) is 0. The first-order chi connectivity index (χ1) is 8.95. The van der Waals surface area contributed by atoms with Crippen molar-refractivity contribution in [1.82, 2.24) is 0 Å². The molecule has 0 heterocycles. The molecule has 0 aliphatic rings. The van der Waals surface area contributed by atoms with Gasteiger partial charge in [0, 0.05) is 16.5 Å². The Balaban J connectivity index is 2.25. The molecule has 98 valence electrons. The van der Waals surface area contributed by atoms with Gasteiger partial charge in [0.1, 0.15) is 0 Å². The smallest absolute Gasteiger partial charge is 0.167 e. The summed E-state index contributed by atoms with van der Waals surface area (Å²) in [5.74, 6) is 0.176. The molecule has 2 aromatic carbocycles. The predicted octanol–water partition coefficient (Wildman–Crippen LogP) is 4.80. The van der Waals surface area contributed by atoms with Crippen molar-refractivity contribution in [1.29, 1.82) is 0 Å². The average Bonchev–Trinajstić information content (AvgIpc) is 2.26. The number of rotatable bonds is 3. The fourth-order valence-corrected chi connectivity index (χ4v) is 2.87. The molecule has 2 rings (SSSR count). The lowest BCUT2D eigenvalue weighted by atomic mass is 9.97. The molecular formula is C17H17BrO. The van der Waals surface area contributed by atoms with E-state index in [1.54, 1.807) is 0 Å². The Morgan fingerprint density at radius 2 is 1.63 bits per heavy atom. The summed E-state index contributed by atoms with van der Waals surface area (Å²) in [7, 11) is 0. The highest BCUT2D eigenvalue weighted by molar-refractivity contribution is 9.10. The lowest BCUT2D eigenvalue weighted by Crippen LogP contribution is -2.06. The molecule has 19 heavy (non-hydrogen) atoms. The molecule has 0 saturated heterocycles. The van der Waals surface area contributed by atoms with E-state index in [0.29, 0.717) is 6.42 Å². The zero-order valence-corrected chi connectivity index (χ0v) is 13.0. The second-order valence-electron chi connectivity index (χ2n) is 5.06. The first-order valence-electron chi connectivity index (χ1n) is 6.32. The van der Waals surface area contributed by atoms with Crippen LogP contribution in [0.15, 0.2) is 40.9 Å². The molecular weight excluding hydrogens is 300 g/mol. The summed E-state index contributed by atoms with van der Waals surface area (Å²) in [6.45, 7) is 6.09. The molecule has 0 aromatic heterocycles. The van der Waals surface area contributed by atoms with Gasteiger partial charge in [-0.15, -0.1) is 0 Å². The summed E-state index contributed by atoms with van der Waals surface area (Å²) >= 11 is 3.42. The highest BCUT2D eigenvalue weighted by atomic mass is 79.9. The van der Waals surface area contributed by atoms with Crippen LogP contribution in [0.2, 0.25) is 0 Å². The van der Waals surface area contributed by atoms with Gasteiger partial charge in [0.15, 0.2) is 5.78 Å². The Morgan fingerprint density at radius 3 is 2.21 bits per heavy atom. The van der Waals surface area contributed by atoms with Gasteiger partial charge in [0.05, 0.1) is 0 Å². The van der Waals surface area contributed by atoms with E-state index in [0.717, 1.165) is 21.2 Å². The Morgan fingerprint density at radius 1 is 1.00 bits per heavy atom. The van der Waals surface area contributed by atoms with Gasteiger partial charge in [-0.05, 0) is 44.0 Å². The van der Waals surface area contributed by atoms with Crippen molar-refractivity contribution < 1.29 is 4.79 Å². The highest BCUT2D eigenvalue weighted by Crippen LogP contribution is 2.18. The second-order valence-corrected chi connectivity index (χ2v) is 5.97. The van der Waals surface area contributed by atoms with E-state index in [4.69, 9.17) is 0 Å². The standard InChI is InChI=1S/C17H17BrO/c1-11-6-12(2)8-14(7-11)10-17(19)16-5-4-15(18)9-13(16)3/h4-9H,10H2,1-3H3. The molecule has 0 spiro atoms. The van der Waals surface area contributed by atoms with Crippen LogP contribution in [0.1, 0.15) is 32.6 Å². The van der Waals surface area contributed by atoms with Crippen molar-refractivity contribution in [2.45, 2.75) is 27.2 Å². The molecule has 0 unspecified atom stereocenters. The highest BCUT2D eigenvalue weighted by Gasteiger charge is 2.10. The predicted molar refractivity (Wildman–Crippen MR) is 82.8 cm³/mol. The van der Waals surface area contributed by atoms with Gasteiger partial charge in [-0.2, -0.15) is 0 Å². The fourth-order valence-electron chi connectivity index (χ4n) is 2.39. The van der Waals surface area contributed by atoms with E-state index in [2.05, 4.69) is 48.0 Å². The first kappa shape index (κ1) is 14.0. The molecule has 0 aliphatic heterocycles. The molecule has 0 aliphatic carbocycles. The van der Waals surface area contributed by atoms with Gasteiger partial charge in [-0.3, -0.25) is 4.79 Å². The number of carbonyl (C=O) groups is 1. The third kappa shape index (κ3) is 3.54. The third-order valence-electron chi connectivity index (χ3n) is 3.14. The zero-order valence-electron chi connectivity index (χ0n) is 11.5. The molecule has 0 atom stereocenters. The first-order valence-corrected chi connectivity index (χ1v) is 7.11. The van der Waals surface area contributed by atoms with E-state index in [1.807, 2.05) is 25.1 Å². The number of halogens is 1. The van der Waals surface area contributed by atoms with Gasteiger partial charge >= 0.3 is 0 Å². The number of ketones is 1. The number of aryl methyl sites for hydroxylation is 3. The van der Waals surface area contributed by atoms with Crippen molar-refractivity contribution in [2.24, 2.45) is 0 Å². The van der Waals surface area contributed by atoms with E-state index in [-0.39, 0.29) is 5.78 Å². The van der Waals surface area contributed by atoms with Crippen molar-refractivity contribution >= 4 is 21.7 Å². The van der Waals surface area contributed by atoms with Gasteiger partial charge in [-0.25, -0.2) is 0 Å². The number of hydrogen-bond donors (Lipinski definition) is 0. The monoisotopic (exact) mass is 316 g/mol. The number of Topliss-reactive ketones (excluding diaryl/α,β-unsaturated/α-hetero) is 1. The van der Waals surface area contributed by atoms with Crippen molar-refractivity contribution in [3.8, 4) is 0 Å². The number of carbonyl (C=O) groups excluding carboxylic acids is 1. The molecule has 2 aromatic rings. The van der Waals surface area contributed by atoms with E-state index in [9.17, 15) is 4.79 Å². The second kappa shape index (κ2) is 5.70. The number of benzene rings is 2. The van der Waals surface area contributed by atoms with Crippen LogP contribution in [0, 0.1) is 20.8 Å². The zero-order chi connectivity index (χ0) is 14.0. The van der Waals surface area contributed by atoms with Crippen LogP contribution >= 0.6 is 15.9 Å². The van der Waals surface area contributed by atoms with Crippen LogP contribution in [0.25, 0.3) is 0 Å². The minimum Gasteiger partial charge on any atom is -0.294 e. The largest absolute Gasteiger partial charge is 0.294 e. The van der Waals surface area contributed by atoms with Crippen LogP contribution in [0.5, 0.6) is 0 Å². The quantitative estimate of drug-likeness (QED) is 0.743. The molecule has 2 heteroatoms. The summed E-state index contributed by atoms with van der Waals surface area (Å²) < 4.78 is 1.01. The molecule has 0 radical (unpaired) electrons. The Kier molecular flexibility index (Phi) is 4.20. The van der Waals surface area contributed by atoms with Gasteiger partial charge in [0.25, 0.3) is 0 Å². The minimum atomic E-state index is 0.176. The van der Waals surface area contributed by atoms with E-state index >= 15 is 0 Å².